The zero-order valence-corrected chi connectivity index (χ0v) is 20.9. The molecule has 0 saturated carbocycles. The molecule has 1 fully saturated rings. The Morgan fingerprint density at radius 1 is 1.23 bits per heavy atom. The summed E-state index contributed by atoms with van der Waals surface area (Å²) in [5, 5.41) is 6.70. The number of furan rings is 1. The molecule has 166 valence electrons. The monoisotopic (exact) mass is 546 g/mol. The summed E-state index contributed by atoms with van der Waals surface area (Å²) in [6, 6.07) is 9.51. The minimum atomic E-state index is -3.20. The minimum absolute atomic E-state index is 0. The van der Waals surface area contributed by atoms with Crippen molar-refractivity contribution in [1.82, 2.24) is 15.5 Å². The van der Waals surface area contributed by atoms with E-state index in [1.165, 1.54) is 19.1 Å². The number of hydrogen-bond acceptors (Lipinski definition) is 5. The first-order valence-corrected chi connectivity index (χ1v) is 11.8. The van der Waals surface area contributed by atoms with Gasteiger partial charge in [-0.15, -0.1) is 24.0 Å². The van der Waals surface area contributed by atoms with Gasteiger partial charge in [-0.2, -0.15) is 0 Å². The number of rotatable bonds is 7. The summed E-state index contributed by atoms with van der Waals surface area (Å²) >= 11 is 0. The Kier molecular flexibility index (Phi) is 9.17. The molecule has 0 aliphatic carbocycles. The molecule has 2 heterocycles. The van der Waals surface area contributed by atoms with E-state index in [0.717, 1.165) is 30.0 Å². The second-order valence-corrected chi connectivity index (χ2v) is 9.44. The van der Waals surface area contributed by atoms with Crippen molar-refractivity contribution in [3.05, 3.63) is 53.5 Å². The molecule has 3 rings (SSSR count). The molecule has 1 aliphatic rings. The van der Waals surface area contributed by atoms with Crippen molar-refractivity contribution >= 4 is 39.8 Å². The molecule has 0 spiro atoms. The third kappa shape index (κ3) is 6.45. The van der Waals surface area contributed by atoms with Crippen molar-refractivity contribution in [1.29, 1.82) is 0 Å². The average molecular weight is 546 g/mol. The molecule has 1 aromatic carbocycles. The molecular weight excluding hydrogens is 515 g/mol. The molecule has 1 atom stereocenters. The summed E-state index contributed by atoms with van der Waals surface area (Å²) in [5.74, 6) is 1.66. The molecule has 0 radical (unpaired) electrons. The number of sulfone groups is 1. The minimum Gasteiger partial charge on any atom is -0.468 e. The molecule has 1 aliphatic heterocycles. The number of aryl methyl sites for hydroxylation is 1. The van der Waals surface area contributed by atoms with Crippen LogP contribution in [-0.4, -0.2) is 52.2 Å². The second-order valence-electron chi connectivity index (χ2n) is 7.45. The Bertz CT molecular complexity index is 939. The third-order valence-corrected chi connectivity index (χ3v) is 6.50. The predicted molar refractivity (Wildman–Crippen MR) is 130 cm³/mol. The van der Waals surface area contributed by atoms with Crippen molar-refractivity contribution in [2.45, 2.75) is 37.2 Å². The Labute approximate surface area is 196 Å². The van der Waals surface area contributed by atoms with Crippen molar-refractivity contribution in [3.8, 4) is 0 Å². The summed E-state index contributed by atoms with van der Waals surface area (Å²) in [6.45, 7) is 5.21. The van der Waals surface area contributed by atoms with Gasteiger partial charge in [-0.25, -0.2) is 8.42 Å². The molecule has 1 saturated heterocycles. The van der Waals surface area contributed by atoms with Crippen LogP contribution in [0, 0.1) is 6.92 Å². The van der Waals surface area contributed by atoms with Gasteiger partial charge in [0.2, 0.25) is 0 Å². The third-order valence-electron chi connectivity index (χ3n) is 5.24. The first-order valence-electron chi connectivity index (χ1n) is 9.90. The molecule has 0 amide bonds. The number of halogens is 1. The highest BCUT2D eigenvalue weighted by molar-refractivity contribution is 14.0. The molecule has 30 heavy (non-hydrogen) atoms. The maximum absolute atomic E-state index is 11.8. The van der Waals surface area contributed by atoms with Crippen LogP contribution in [0.5, 0.6) is 0 Å². The molecule has 1 aromatic heterocycles. The van der Waals surface area contributed by atoms with E-state index >= 15 is 0 Å². The van der Waals surface area contributed by atoms with Crippen molar-refractivity contribution < 1.29 is 12.8 Å². The van der Waals surface area contributed by atoms with E-state index in [1.54, 1.807) is 19.4 Å². The van der Waals surface area contributed by atoms with Crippen LogP contribution in [0.4, 0.5) is 0 Å². The Hall–Kier alpha value is -1.59. The highest BCUT2D eigenvalue weighted by Gasteiger charge is 2.25. The molecule has 2 N–H and O–H groups in total. The van der Waals surface area contributed by atoms with E-state index in [2.05, 4.69) is 20.5 Å². The fraction of sp³-hybridized carbons (Fsp3) is 0.476. The van der Waals surface area contributed by atoms with Crippen LogP contribution >= 0.6 is 24.0 Å². The Morgan fingerprint density at radius 2 is 1.97 bits per heavy atom. The molecule has 1 unspecified atom stereocenters. The molecule has 9 heteroatoms. The largest absolute Gasteiger partial charge is 0.468 e. The highest BCUT2D eigenvalue weighted by atomic mass is 127. The van der Waals surface area contributed by atoms with E-state index in [1.807, 2.05) is 31.2 Å². The van der Waals surface area contributed by atoms with E-state index in [-0.39, 0.29) is 30.0 Å². The number of hydrogen-bond donors (Lipinski definition) is 2. The fourth-order valence-corrected chi connectivity index (χ4v) is 4.74. The van der Waals surface area contributed by atoms with E-state index in [9.17, 15) is 8.42 Å². The van der Waals surface area contributed by atoms with Gasteiger partial charge in [0, 0.05) is 26.4 Å². The van der Waals surface area contributed by atoms with Crippen LogP contribution in [-0.2, 0) is 16.4 Å². The number of likely N-dealkylation sites (tertiary alicyclic amines) is 1. The van der Waals surface area contributed by atoms with E-state index in [4.69, 9.17) is 4.42 Å². The number of benzene rings is 1. The van der Waals surface area contributed by atoms with Crippen LogP contribution in [0.2, 0.25) is 0 Å². The maximum atomic E-state index is 11.8. The zero-order chi connectivity index (χ0) is 20.9. The number of guanidine groups is 1. The topological polar surface area (TPSA) is 86.9 Å². The van der Waals surface area contributed by atoms with Crippen LogP contribution in [0.1, 0.15) is 35.8 Å². The van der Waals surface area contributed by atoms with Crippen LogP contribution in [0.25, 0.3) is 0 Å². The first-order chi connectivity index (χ1) is 13.9. The quantitative estimate of drug-likeness (QED) is 0.316. The standard InChI is InChI=1S/C21H30N4O3S.HI/c1-16-13-17(8-9-20(16)29(3,26)27)14-23-21(22-2)24-15-18(19-7-6-12-28-19)25-10-4-5-11-25;/h6-9,12-13,18H,4-5,10-11,14-15H2,1-3H3,(H2,22,23,24);1H. The van der Waals surface area contributed by atoms with Crippen molar-refractivity contribution in [2.24, 2.45) is 4.99 Å². The lowest BCUT2D eigenvalue weighted by Crippen LogP contribution is -2.42. The molecular formula is C21H31IN4O3S. The van der Waals surface area contributed by atoms with Gasteiger partial charge in [0.05, 0.1) is 17.2 Å². The summed E-state index contributed by atoms with van der Waals surface area (Å²) < 4.78 is 29.2. The van der Waals surface area contributed by atoms with Crippen molar-refractivity contribution in [3.63, 3.8) is 0 Å². The number of nitrogens with zero attached hydrogens (tertiary/aromatic N) is 2. The van der Waals surface area contributed by atoms with Gasteiger partial charge >= 0.3 is 0 Å². The van der Waals surface area contributed by atoms with Crippen molar-refractivity contribution in [2.75, 3.05) is 32.9 Å². The second kappa shape index (κ2) is 11.1. The van der Waals surface area contributed by atoms with Crippen LogP contribution in [0.15, 0.2) is 50.9 Å². The van der Waals surface area contributed by atoms with E-state index in [0.29, 0.717) is 23.9 Å². The maximum Gasteiger partial charge on any atom is 0.191 e. The van der Waals surface area contributed by atoms with Gasteiger partial charge in [0.25, 0.3) is 0 Å². The van der Waals surface area contributed by atoms with Crippen LogP contribution in [0.3, 0.4) is 0 Å². The van der Waals surface area contributed by atoms with Gasteiger partial charge in [0.1, 0.15) is 5.76 Å². The summed E-state index contributed by atoms with van der Waals surface area (Å²) in [4.78, 5) is 7.12. The summed E-state index contributed by atoms with van der Waals surface area (Å²) in [6.07, 6.45) is 5.38. The van der Waals surface area contributed by atoms with E-state index < -0.39 is 9.84 Å². The molecule has 2 aromatic rings. The van der Waals surface area contributed by atoms with Gasteiger partial charge in [0.15, 0.2) is 15.8 Å². The highest BCUT2D eigenvalue weighted by Crippen LogP contribution is 2.24. The molecule has 7 nitrogen and oxygen atoms in total. The van der Waals surface area contributed by atoms with Gasteiger partial charge in [-0.3, -0.25) is 9.89 Å². The SMILES string of the molecule is CN=C(NCc1ccc(S(C)(=O)=O)c(C)c1)NCC(c1ccco1)N1CCCC1.I. The summed E-state index contributed by atoms with van der Waals surface area (Å²) in [5.41, 5.74) is 1.75. The average Bonchev–Trinajstić information content (AvgIpc) is 3.38. The Morgan fingerprint density at radius 3 is 2.53 bits per heavy atom. The zero-order valence-electron chi connectivity index (χ0n) is 17.7. The fourth-order valence-electron chi connectivity index (χ4n) is 3.78. The first kappa shape index (κ1) is 24.7. The lowest BCUT2D eigenvalue weighted by molar-refractivity contribution is 0.215. The molecule has 0 bridgehead atoms. The van der Waals surface area contributed by atoms with Gasteiger partial charge < -0.3 is 15.1 Å². The normalized spacial score (nSPS) is 16.2. The number of aliphatic imine (C=N–C) groups is 1. The lowest BCUT2D eigenvalue weighted by atomic mass is 10.1. The Balaban J connectivity index is 0.00000320. The summed E-state index contributed by atoms with van der Waals surface area (Å²) in [7, 11) is -1.46. The lowest BCUT2D eigenvalue weighted by Gasteiger charge is -2.26. The predicted octanol–water partition coefficient (Wildman–Crippen LogP) is 3.11. The number of nitrogens with one attached hydrogen (secondary N) is 2. The van der Waals surface area contributed by atoms with Gasteiger partial charge in [-0.1, -0.05) is 12.1 Å². The van der Waals surface area contributed by atoms with Gasteiger partial charge in [-0.05, 0) is 62.2 Å². The smallest absolute Gasteiger partial charge is 0.191 e. The van der Waals surface area contributed by atoms with Crippen LogP contribution < -0.4 is 10.6 Å².